The molecule has 0 amide bonds. The summed E-state index contributed by atoms with van der Waals surface area (Å²) in [7, 11) is 0. The molecule has 0 heterocycles. The third kappa shape index (κ3) is 3.23. The van der Waals surface area contributed by atoms with Crippen molar-refractivity contribution in [1.82, 2.24) is 0 Å². The number of nitrogens with one attached hydrogen (secondary N) is 1. The highest BCUT2D eigenvalue weighted by molar-refractivity contribution is 5.50. The van der Waals surface area contributed by atoms with Crippen molar-refractivity contribution in [2.45, 2.75) is 32.7 Å². The van der Waals surface area contributed by atoms with E-state index in [-0.39, 0.29) is 17.5 Å². The van der Waals surface area contributed by atoms with Crippen LogP contribution in [0.15, 0.2) is 42.5 Å². The van der Waals surface area contributed by atoms with Gasteiger partial charge in [0.25, 0.3) is 0 Å². The Morgan fingerprint density at radius 3 is 2.40 bits per heavy atom. The van der Waals surface area contributed by atoms with Gasteiger partial charge in [-0.2, -0.15) is 0 Å². The lowest BCUT2D eigenvalue weighted by Crippen LogP contribution is -2.07. The zero-order chi connectivity index (χ0) is 14.7. The average Bonchev–Trinajstić information content (AvgIpc) is 2.41. The van der Waals surface area contributed by atoms with Crippen molar-refractivity contribution in [3.05, 3.63) is 53.6 Å². The Bertz CT molecular complexity index is 593. The maximum atomic E-state index is 9.88. The monoisotopic (exact) mass is 271 g/mol. The third-order valence-electron chi connectivity index (χ3n) is 3.41. The minimum atomic E-state index is -0.0930. The first-order valence-electron chi connectivity index (χ1n) is 6.85. The van der Waals surface area contributed by atoms with Crippen LogP contribution in [0.3, 0.4) is 0 Å². The topological polar surface area (TPSA) is 52.5 Å². The van der Waals surface area contributed by atoms with E-state index in [1.54, 1.807) is 6.07 Å². The van der Waals surface area contributed by atoms with Gasteiger partial charge in [0.1, 0.15) is 11.5 Å². The molecule has 1 atom stereocenters. The molecule has 0 aromatic heterocycles. The fourth-order valence-electron chi connectivity index (χ4n) is 2.20. The molecule has 0 saturated carbocycles. The van der Waals surface area contributed by atoms with E-state index in [1.165, 1.54) is 17.7 Å². The van der Waals surface area contributed by atoms with Crippen LogP contribution < -0.4 is 5.32 Å². The molecule has 3 nitrogen and oxygen atoms in total. The van der Waals surface area contributed by atoms with E-state index in [2.05, 4.69) is 31.3 Å². The first-order valence-corrected chi connectivity index (χ1v) is 6.85. The average molecular weight is 271 g/mol. The third-order valence-corrected chi connectivity index (χ3v) is 3.41. The molecule has 0 saturated heterocycles. The molecular formula is C17H21NO2. The first-order chi connectivity index (χ1) is 9.47. The summed E-state index contributed by atoms with van der Waals surface area (Å²) in [5.41, 5.74) is 2.95. The van der Waals surface area contributed by atoms with Gasteiger partial charge in [-0.25, -0.2) is 0 Å². The van der Waals surface area contributed by atoms with Crippen molar-refractivity contribution >= 4 is 5.69 Å². The van der Waals surface area contributed by atoms with E-state index in [4.69, 9.17) is 0 Å². The lowest BCUT2D eigenvalue weighted by Gasteiger charge is -2.18. The summed E-state index contributed by atoms with van der Waals surface area (Å²) in [4.78, 5) is 0. The number of hydrogen-bond donors (Lipinski definition) is 3. The van der Waals surface area contributed by atoms with Gasteiger partial charge in [0.05, 0.1) is 6.04 Å². The highest BCUT2D eigenvalue weighted by atomic mass is 16.3. The summed E-state index contributed by atoms with van der Waals surface area (Å²) in [6.07, 6.45) is 0. The van der Waals surface area contributed by atoms with Crippen LogP contribution in [0.4, 0.5) is 5.69 Å². The SMILES string of the molecule is CC(C)c1cccc(NC(C)c2cc(O)ccc2O)c1. The molecule has 0 bridgehead atoms. The molecule has 2 rings (SSSR count). The Labute approximate surface area is 119 Å². The van der Waals surface area contributed by atoms with Crippen molar-refractivity contribution in [2.24, 2.45) is 0 Å². The number of anilines is 1. The minimum absolute atomic E-state index is 0.0930. The van der Waals surface area contributed by atoms with E-state index in [9.17, 15) is 10.2 Å². The standard InChI is InChI=1S/C17H21NO2/c1-11(2)13-5-4-6-14(9-13)18-12(3)16-10-15(19)7-8-17(16)20/h4-12,18-20H,1-3H3. The normalized spacial score (nSPS) is 12.4. The number of phenolic OH excluding ortho intramolecular Hbond substituents is 2. The van der Waals surface area contributed by atoms with Gasteiger partial charge in [0.2, 0.25) is 0 Å². The summed E-state index contributed by atoms with van der Waals surface area (Å²) in [6, 6.07) is 12.7. The Morgan fingerprint density at radius 1 is 0.950 bits per heavy atom. The van der Waals surface area contributed by atoms with Gasteiger partial charge in [-0.15, -0.1) is 0 Å². The molecule has 106 valence electrons. The molecule has 2 aromatic rings. The highest BCUT2D eigenvalue weighted by Gasteiger charge is 2.11. The van der Waals surface area contributed by atoms with Crippen LogP contribution in [0.1, 0.15) is 43.9 Å². The summed E-state index contributed by atoms with van der Waals surface area (Å²) >= 11 is 0. The number of benzene rings is 2. The predicted molar refractivity (Wildman–Crippen MR) is 82.3 cm³/mol. The van der Waals surface area contributed by atoms with Crippen LogP contribution in [0, 0.1) is 0 Å². The van der Waals surface area contributed by atoms with Crippen LogP contribution >= 0.6 is 0 Å². The second kappa shape index (κ2) is 5.87. The van der Waals surface area contributed by atoms with Crippen LogP contribution in [-0.2, 0) is 0 Å². The molecule has 1 unspecified atom stereocenters. The molecule has 0 radical (unpaired) electrons. The van der Waals surface area contributed by atoms with Gasteiger partial charge in [-0.1, -0.05) is 26.0 Å². The molecule has 20 heavy (non-hydrogen) atoms. The van der Waals surface area contributed by atoms with E-state index >= 15 is 0 Å². The Balaban J connectivity index is 2.21. The quantitative estimate of drug-likeness (QED) is 0.723. The molecular weight excluding hydrogens is 250 g/mol. The zero-order valence-corrected chi connectivity index (χ0v) is 12.1. The molecule has 2 aromatic carbocycles. The molecule has 0 aliphatic carbocycles. The van der Waals surface area contributed by atoms with E-state index < -0.39 is 0 Å². The van der Waals surface area contributed by atoms with Crippen molar-refractivity contribution in [2.75, 3.05) is 5.32 Å². The maximum Gasteiger partial charge on any atom is 0.121 e. The van der Waals surface area contributed by atoms with Crippen LogP contribution in [0.25, 0.3) is 0 Å². The summed E-state index contributed by atoms with van der Waals surface area (Å²) in [5, 5.41) is 22.8. The lowest BCUT2D eigenvalue weighted by atomic mass is 10.0. The summed E-state index contributed by atoms with van der Waals surface area (Å²) in [5.74, 6) is 0.812. The van der Waals surface area contributed by atoms with Crippen LogP contribution in [-0.4, -0.2) is 10.2 Å². The molecule has 0 aliphatic rings. The molecule has 0 aliphatic heterocycles. The van der Waals surface area contributed by atoms with Crippen molar-refractivity contribution in [3.8, 4) is 11.5 Å². The number of rotatable bonds is 4. The van der Waals surface area contributed by atoms with Gasteiger partial charge in [0, 0.05) is 11.3 Å². The largest absolute Gasteiger partial charge is 0.508 e. The van der Waals surface area contributed by atoms with Gasteiger partial charge in [-0.05, 0) is 48.7 Å². The lowest BCUT2D eigenvalue weighted by molar-refractivity contribution is 0.451. The van der Waals surface area contributed by atoms with Crippen molar-refractivity contribution in [1.29, 1.82) is 0 Å². The van der Waals surface area contributed by atoms with Gasteiger partial charge in [0.15, 0.2) is 0 Å². The Hall–Kier alpha value is -2.16. The summed E-state index contributed by atoms with van der Waals surface area (Å²) in [6.45, 7) is 6.27. The predicted octanol–water partition coefficient (Wildman–Crippen LogP) is 4.39. The number of aromatic hydroxyl groups is 2. The highest BCUT2D eigenvalue weighted by Crippen LogP contribution is 2.30. The molecule has 3 N–H and O–H groups in total. The summed E-state index contributed by atoms with van der Waals surface area (Å²) < 4.78 is 0. The van der Waals surface area contributed by atoms with Gasteiger partial charge < -0.3 is 15.5 Å². The Kier molecular flexibility index (Phi) is 4.18. The van der Waals surface area contributed by atoms with Crippen molar-refractivity contribution in [3.63, 3.8) is 0 Å². The first kappa shape index (κ1) is 14.3. The minimum Gasteiger partial charge on any atom is -0.508 e. The second-order valence-electron chi connectivity index (χ2n) is 5.39. The second-order valence-corrected chi connectivity index (χ2v) is 5.39. The number of hydrogen-bond acceptors (Lipinski definition) is 3. The smallest absolute Gasteiger partial charge is 0.121 e. The van der Waals surface area contributed by atoms with Gasteiger partial charge >= 0.3 is 0 Å². The fraction of sp³-hybridized carbons (Fsp3) is 0.294. The fourth-order valence-corrected chi connectivity index (χ4v) is 2.20. The Morgan fingerprint density at radius 2 is 1.70 bits per heavy atom. The van der Waals surface area contributed by atoms with Crippen molar-refractivity contribution < 1.29 is 10.2 Å². The van der Waals surface area contributed by atoms with E-state index in [0.717, 1.165) is 5.69 Å². The zero-order valence-electron chi connectivity index (χ0n) is 12.1. The molecule has 3 heteroatoms. The van der Waals surface area contributed by atoms with E-state index in [1.807, 2.05) is 19.1 Å². The van der Waals surface area contributed by atoms with Gasteiger partial charge in [-0.3, -0.25) is 0 Å². The number of phenols is 2. The molecule has 0 fully saturated rings. The maximum absolute atomic E-state index is 9.88. The van der Waals surface area contributed by atoms with Crippen LogP contribution in [0.2, 0.25) is 0 Å². The van der Waals surface area contributed by atoms with Crippen LogP contribution in [0.5, 0.6) is 11.5 Å². The van der Waals surface area contributed by atoms with E-state index in [0.29, 0.717) is 11.5 Å². The molecule has 0 spiro atoms.